The third-order valence-electron chi connectivity index (χ3n) is 4.55. The third kappa shape index (κ3) is 5.41. The van der Waals surface area contributed by atoms with Gasteiger partial charge in [0.1, 0.15) is 24.4 Å². The number of hydrogen-bond acceptors (Lipinski definition) is 6. The van der Waals surface area contributed by atoms with E-state index in [4.69, 9.17) is 20.8 Å². The zero-order chi connectivity index (χ0) is 22.5. The molecule has 0 fully saturated rings. The number of Topliss-reactive ketones (excluding diaryl/α,β-unsaturated/α-hetero) is 1. The molecule has 0 saturated heterocycles. The zero-order valence-electron chi connectivity index (χ0n) is 17.1. The monoisotopic (exact) mass is 450 g/mol. The van der Waals surface area contributed by atoms with Crippen LogP contribution in [0.3, 0.4) is 0 Å². The number of ether oxygens (including phenoxy) is 1. The summed E-state index contributed by atoms with van der Waals surface area (Å²) in [6, 6.07) is 17.4. The number of aromatic nitrogens is 3. The number of carbonyl (C=O) groups is 2. The van der Waals surface area contributed by atoms with Crippen molar-refractivity contribution in [2.24, 2.45) is 0 Å². The minimum absolute atomic E-state index is 0.0115. The summed E-state index contributed by atoms with van der Waals surface area (Å²) in [5, 5.41) is 7.52. The molecule has 4 aromatic rings. The van der Waals surface area contributed by atoms with E-state index in [-0.39, 0.29) is 24.1 Å². The summed E-state index contributed by atoms with van der Waals surface area (Å²) in [5.41, 5.74) is 1.61. The van der Waals surface area contributed by atoms with Gasteiger partial charge in [0, 0.05) is 10.6 Å². The molecule has 0 unspecified atom stereocenters. The maximum atomic E-state index is 12.4. The van der Waals surface area contributed by atoms with E-state index in [1.54, 1.807) is 53.2 Å². The Morgan fingerprint density at radius 1 is 1.06 bits per heavy atom. The van der Waals surface area contributed by atoms with E-state index in [2.05, 4.69) is 15.4 Å². The average molecular weight is 451 g/mol. The smallest absolute Gasteiger partial charge is 0.293 e. The van der Waals surface area contributed by atoms with Gasteiger partial charge < -0.3 is 9.15 Å². The van der Waals surface area contributed by atoms with Crippen LogP contribution in [0.2, 0.25) is 5.02 Å². The molecule has 0 atom stereocenters. The van der Waals surface area contributed by atoms with E-state index in [0.717, 1.165) is 5.56 Å². The van der Waals surface area contributed by atoms with Crippen molar-refractivity contribution >= 4 is 29.2 Å². The number of hydrogen-bond donors (Lipinski definition) is 1. The first kappa shape index (κ1) is 21.3. The van der Waals surface area contributed by atoms with Crippen molar-refractivity contribution < 1.29 is 18.7 Å². The largest absolute Gasteiger partial charge is 0.486 e. The van der Waals surface area contributed by atoms with Crippen LogP contribution >= 0.6 is 11.6 Å². The van der Waals surface area contributed by atoms with Gasteiger partial charge in [-0.3, -0.25) is 14.9 Å². The Kier molecular flexibility index (Phi) is 6.32. The lowest BCUT2D eigenvalue weighted by molar-refractivity contribution is 0.0989. The Labute approximate surface area is 188 Å². The molecular formula is C23H19ClN4O4. The number of rotatable bonds is 8. The van der Waals surface area contributed by atoms with E-state index < -0.39 is 5.91 Å². The summed E-state index contributed by atoms with van der Waals surface area (Å²) in [5.74, 6) is 0.877. The number of benzene rings is 2. The Balaban J connectivity index is 1.31. The second-order valence-electron chi connectivity index (χ2n) is 6.98. The quantitative estimate of drug-likeness (QED) is 0.393. The normalized spacial score (nSPS) is 10.7. The van der Waals surface area contributed by atoms with Gasteiger partial charge in [-0.1, -0.05) is 23.7 Å². The van der Waals surface area contributed by atoms with E-state index in [1.165, 1.54) is 13.3 Å². The van der Waals surface area contributed by atoms with Gasteiger partial charge in [0.2, 0.25) is 5.95 Å². The molecular weight excluding hydrogens is 432 g/mol. The van der Waals surface area contributed by atoms with Crippen molar-refractivity contribution in [1.29, 1.82) is 0 Å². The van der Waals surface area contributed by atoms with Gasteiger partial charge in [0.15, 0.2) is 11.5 Å². The maximum Gasteiger partial charge on any atom is 0.293 e. The molecule has 1 N–H and O–H groups in total. The fourth-order valence-corrected chi connectivity index (χ4v) is 3.01. The molecule has 8 nitrogen and oxygen atoms in total. The zero-order valence-corrected chi connectivity index (χ0v) is 17.9. The van der Waals surface area contributed by atoms with Crippen molar-refractivity contribution in [1.82, 2.24) is 14.8 Å². The van der Waals surface area contributed by atoms with Crippen LogP contribution in [0.15, 0.2) is 71.4 Å². The first-order valence-corrected chi connectivity index (χ1v) is 10.1. The molecule has 162 valence electrons. The summed E-state index contributed by atoms with van der Waals surface area (Å²) in [4.78, 5) is 27.8. The van der Waals surface area contributed by atoms with Crippen LogP contribution in [-0.2, 0) is 13.2 Å². The summed E-state index contributed by atoms with van der Waals surface area (Å²) < 4.78 is 12.8. The number of carbonyl (C=O) groups excluding carboxylic acids is 2. The molecule has 9 heteroatoms. The standard InChI is InChI=1S/C23H19ClN4O4/c1-15(29)17-4-8-19(9-5-17)31-13-20-10-11-21(32-20)22(30)26-23-25-14-28(27-23)12-16-2-6-18(24)7-3-16/h2-11,14H,12-13H2,1H3,(H,26,27,30). The SMILES string of the molecule is CC(=O)c1ccc(OCc2ccc(C(=O)Nc3ncn(Cc4ccc(Cl)cc4)n3)o2)cc1. The van der Waals surface area contributed by atoms with E-state index in [9.17, 15) is 9.59 Å². The minimum atomic E-state index is -0.466. The topological polar surface area (TPSA) is 99.2 Å². The number of amides is 1. The van der Waals surface area contributed by atoms with Crippen LogP contribution in [0.4, 0.5) is 5.95 Å². The highest BCUT2D eigenvalue weighted by atomic mass is 35.5. The highest BCUT2D eigenvalue weighted by Gasteiger charge is 2.14. The lowest BCUT2D eigenvalue weighted by Crippen LogP contribution is -2.12. The molecule has 0 aliphatic rings. The first-order valence-electron chi connectivity index (χ1n) is 9.74. The van der Waals surface area contributed by atoms with Crippen molar-refractivity contribution in [3.8, 4) is 5.75 Å². The third-order valence-corrected chi connectivity index (χ3v) is 4.80. The van der Waals surface area contributed by atoms with Crippen LogP contribution < -0.4 is 10.1 Å². The fraction of sp³-hybridized carbons (Fsp3) is 0.130. The molecule has 1 amide bonds. The fourth-order valence-electron chi connectivity index (χ4n) is 2.89. The van der Waals surface area contributed by atoms with Crippen LogP contribution in [0.25, 0.3) is 0 Å². The van der Waals surface area contributed by atoms with E-state index >= 15 is 0 Å². The van der Waals surface area contributed by atoms with Crippen molar-refractivity contribution in [2.45, 2.75) is 20.1 Å². The number of ketones is 1. The van der Waals surface area contributed by atoms with Crippen molar-refractivity contribution in [2.75, 3.05) is 5.32 Å². The Bertz CT molecular complexity index is 1230. The van der Waals surface area contributed by atoms with Gasteiger partial charge in [-0.2, -0.15) is 0 Å². The van der Waals surface area contributed by atoms with Gasteiger partial charge in [-0.05, 0) is 61.0 Å². The highest BCUT2D eigenvalue weighted by Crippen LogP contribution is 2.17. The minimum Gasteiger partial charge on any atom is -0.486 e. The molecule has 0 aliphatic carbocycles. The van der Waals surface area contributed by atoms with Crippen molar-refractivity contribution in [3.05, 3.63) is 94.7 Å². The van der Waals surface area contributed by atoms with E-state index in [1.807, 2.05) is 12.1 Å². The van der Waals surface area contributed by atoms with Crippen LogP contribution in [0.1, 0.15) is 39.2 Å². The molecule has 0 spiro atoms. The molecule has 0 radical (unpaired) electrons. The van der Waals surface area contributed by atoms with Gasteiger partial charge in [-0.15, -0.1) is 5.10 Å². The molecule has 0 saturated carbocycles. The van der Waals surface area contributed by atoms with Crippen LogP contribution in [-0.4, -0.2) is 26.5 Å². The maximum absolute atomic E-state index is 12.4. The Morgan fingerprint density at radius 3 is 2.53 bits per heavy atom. The van der Waals surface area contributed by atoms with Gasteiger partial charge >= 0.3 is 0 Å². The van der Waals surface area contributed by atoms with Gasteiger partial charge in [0.05, 0.1) is 6.54 Å². The molecule has 2 aromatic carbocycles. The average Bonchev–Trinajstić information content (AvgIpc) is 3.44. The summed E-state index contributed by atoms with van der Waals surface area (Å²) in [6.07, 6.45) is 1.53. The van der Waals surface area contributed by atoms with E-state index in [0.29, 0.717) is 28.6 Å². The molecule has 0 aliphatic heterocycles. The van der Waals surface area contributed by atoms with Gasteiger partial charge in [0.25, 0.3) is 5.91 Å². The summed E-state index contributed by atoms with van der Waals surface area (Å²) >= 11 is 5.89. The Hall–Kier alpha value is -3.91. The number of halogens is 1. The van der Waals surface area contributed by atoms with Crippen LogP contribution in [0, 0.1) is 0 Å². The molecule has 0 bridgehead atoms. The first-order chi connectivity index (χ1) is 15.5. The predicted octanol–water partition coefficient (Wildman–Crippen LogP) is 4.61. The Morgan fingerprint density at radius 2 is 1.81 bits per heavy atom. The van der Waals surface area contributed by atoms with Crippen LogP contribution in [0.5, 0.6) is 5.75 Å². The highest BCUT2D eigenvalue weighted by molar-refractivity contribution is 6.30. The number of anilines is 1. The molecule has 32 heavy (non-hydrogen) atoms. The summed E-state index contributed by atoms with van der Waals surface area (Å²) in [7, 11) is 0. The van der Waals surface area contributed by atoms with Gasteiger partial charge in [-0.25, -0.2) is 9.67 Å². The molecule has 2 heterocycles. The number of nitrogens with one attached hydrogen (secondary N) is 1. The molecule has 4 rings (SSSR count). The number of nitrogens with zero attached hydrogens (tertiary/aromatic N) is 3. The lowest BCUT2D eigenvalue weighted by Gasteiger charge is -2.04. The lowest BCUT2D eigenvalue weighted by atomic mass is 10.1. The van der Waals surface area contributed by atoms with Crippen molar-refractivity contribution in [3.63, 3.8) is 0 Å². The second-order valence-corrected chi connectivity index (χ2v) is 7.42. The predicted molar refractivity (Wildman–Crippen MR) is 118 cm³/mol. The summed E-state index contributed by atoms with van der Waals surface area (Å²) in [6.45, 7) is 2.14. The molecule has 2 aromatic heterocycles. The second kappa shape index (κ2) is 9.49. The number of furan rings is 1.